The van der Waals surface area contributed by atoms with Crippen molar-refractivity contribution in [2.75, 3.05) is 5.73 Å². The molecule has 0 unspecified atom stereocenters. The SMILES string of the molecule is Nc1nc(SCc2c(F)cccc2Cl)ns1. The summed E-state index contributed by atoms with van der Waals surface area (Å²) in [5.74, 6) is 0.0741. The summed E-state index contributed by atoms with van der Waals surface area (Å²) in [6.45, 7) is 0. The molecule has 0 bridgehead atoms. The molecule has 2 aromatic rings. The molecule has 0 spiro atoms. The maximum Gasteiger partial charge on any atom is 0.202 e. The number of halogens is 2. The average Bonchev–Trinajstić information content (AvgIpc) is 2.63. The van der Waals surface area contributed by atoms with Gasteiger partial charge in [0.2, 0.25) is 10.3 Å². The lowest BCUT2D eigenvalue weighted by atomic mass is 10.2. The quantitative estimate of drug-likeness (QED) is 0.874. The van der Waals surface area contributed by atoms with Gasteiger partial charge < -0.3 is 5.73 Å². The molecule has 0 aliphatic rings. The predicted octanol–water partition coefficient (Wildman–Crippen LogP) is 3.21. The Morgan fingerprint density at radius 3 is 2.94 bits per heavy atom. The molecular formula is C9H7ClFN3S2. The second kappa shape index (κ2) is 4.99. The van der Waals surface area contributed by atoms with E-state index < -0.39 is 0 Å². The molecule has 0 fully saturated rings. The second-order valence-corrected chi connectivity index (χ2v) is 5.04. The Balaban J connectivity index is 2.10. The first-order valence-electron chi connectivity index (χ1n) is 4.31. The molecule has 2 N–H and O–H groups in total. The molecule has 0 aliphatic carbocycles. The third-order valence-corrected chi connectivity index (χ3v) is 3.72. The fraction of sp³-hybridized carbons (Fsp3) is 0.111. The summed E-state index contributed by atoms with van der Waals surface area (Å²) in [6.07, 6.45) is 0. The summed E-state index contributed by atoms with van der Waals surface area (Å²) >= 11 is 8.31. The number of hydrogen-bond donors (Lipinski definition) is 1. The van der Waals surface area contributed by atoms with Crippen molar-refractivity contribution in [3.63, 3.8) is 0 Å². The Morgan fingerprint density at radius 2 is 2.31 bits per heavy atom. The number of nitrogen functional groups attached to an aromatic ring is 1. The van der Waals surface area contributed by atoms with E-state index in [0.29, 0.717) is 26.6 Å². The van der Waals surface area contributed by atoms with E-state index in [4.69, 9.17) is 17.3 Å². The lowest BCUT2D eigenvalue weighted by molar-refractivity contribution is 0.617. The number of nitrogens with two attached hydrogens (primary N) is 1. The molecule has 1 aromatic carbocycles. The zero-order valence-electron chi connectivity index (χ0n) is 7.98. The highest BCUT2D eigenvalue weighted by molar-refractivity contribution is 7.98. The molecule has 0 atom stereocenters. The van der Waals surface area contributed by atoms with Gasteiger partial charge in [-0.05, 0) is 12.1 Å². The van der Waals surface area contributed by atoms with E-state index in [-0.39, 0.29) is 5.82 Å². The average molecular weight is 276 g/mol. The van der Waals surface area contributed by atoms with Crippen LogP contribution < -0.4 is 5.73 Å². The third kappa shape index (κ3) is 2.63. The van der Waals surface area contributed by atoms with E-state index in [9.17, 15) is 4.39 Å². The predicted molar refractivity (Wildman–Crippen MR) is 65.3 cm³/mol. The molecule has 3 nitrogen and oxygen atoms in total. The van der Waals surface area contributed by atoms with E-state index in [2.05, 4.69) is 9.36 Å². The van der Waals surface area contributed by atoms with Crippen molar-refractivity contribution in [2.24, 2.45) is 0 Å². The van der Waals surface area contributed by atoms with Gasteiger partial charge in [-0.25, -0.2) is 4.39 Å². The van der Waals surface area contributed by atoms with E-state index in [1.54, 1.807) is 12.1 Å². The number of benzene rings is 1. The minimum absolute atomic E-state index is 0.316. The molecule has 0 saturated carbocycles. The molecule has 2 rings (SSSR count). The first kappa shape index (κ1) is 11.6. The van der Waals surface area contributed by atoms with Crippen LogP contribution >= 0.6 is 34.9 Å². The van der Waals surface area contributed by atoms with Crippen LogP contribution in [0.1, 0.15) is 5.56 Å². The number of thioether (sulfide) groups is 1. The van der Waals surface area contributed by atoms with Gasteiger partial charge in [-0.3, -0.25) is 0 Å². The van der Waals surface area contributed by atoms with Crippen LogP contribution in [0.2, 0.25) is 5.02 Å². The summed E-state index contributed by atoms with van der Waals surface area (Å²) in [7, 11) is 0. The maximum absolute atomic E-state index is 13.4. The van der Waals surface area contributed by atoms with Crippen molar-refractivity contribution in [1.82, 2.24) is 9.36 Å². The monoisotopic (exact) mass is 275 g/mol. The molecule has 0 radical (unpaired) electrons. The van der Waals surface area contributed by atoms with Crippen molar-refractivity contribution in [3.05, 3.63) is 34.6 Å². The van der Waals surface area contributed by atoms with E-state index in [0.717, 1.165) is 11.5 Å². The topological polar surface area (TPSA) is 51.8 Å². The standard InChI is InChI=1S/C9H7ClFN3S2/c10-6-2-1-3-7(11)5(6)4-15-9-13-8(12)16-14-9/h1-3H,4H2,(H2,12,13,14). The van der Waals surface area contributed by atoms with Crippen molar-refractivity contribution in [3.8, 4) is 0 Å². The second-order valence-electron chi connectivity index (χ2n) is 2.90. The van der Waals surface area contributed by atoms with E-state index in [1.165, 1.54) is 17.8 Å². The Kier molecular flexibility index (Phi) is 3.63. The van der Waals surface area contributed by atoms with Crippen LogP contribution in [0.4, 0.5) is 9.52 Å². The third-order valence-electron chi connectivity index (χ3n) is 1.83. The number of nitrogens with zero attached hydrogens (tertiary/aromatic N) is 2. The number of anilines is 1. The van der Waals surface area contributed by atoms with Crippen LogP contribution in [-0.2, 0) is 5.75 Å². The normalized spacial score (nSPS) is 10.6. The highest BCUT2D eigenvalue weighted by Gasteiger charge is 2.09. The zero-order valence-corrected chi connectivity index (χ0v) is 10.4. The summed E-state index contributed by atoms with van der Waals surface area (Å²) in [5.41, 5.74) is 5.90. The van der Waals surface area contributed by atoms with Gasteiger partial charge >= 0.3 is 0 Å². The lowest BCUT2D eigenvalue weighted by Gasteiger charge is -2.03. The maximum atomic E-state index is 13.4. The molecule has 0 amide bonds. The van der Waals surface area contributed by atoms with Gasteiger partial charge in [0.15, 0.2) is 0 Å². The first-order valence-corrected chi connectivity index (χ1v) is 6.45. The van der Waals surface area contributed by atoms with Crippen LogP contribution in [0, 0.1) is 5.82 Å². The van der Waals surface area contributed by atoms with Crippen LogP contribution in [0.25, 0.3) is 0 Å². The Bertz CT molecular complexity index is 483. The van der Waals surface area contributed by atoms with Crippen LogP contribution in [-0.4, -0.2) is 9.36 Å². The van der Waals surface area contributed by atoms with Gasteiger partial charge in [-0.1, -0.05) is 29.4 Å². The van der Waals surface area contributed by atoms with Gasteiger partial charge in [0.25, 0.3) is 0 Å². The first-order chi connectivity index (χ1) is 7.66. The molecule has 1 heterocycles. The summed E-state index contributed by atoms with van der Waals surface area (Å²) in [5, 5.41) is 1.36. The number of hydrogen-bond acceptors (Lipinski definition) is 5. The van der Waals surface area contributed by atoms with E-state index >= 15 is 0 Å². The highest BCUT2D eigenvalue weighted by atomic mass is 35.5. The summed E-state index contributed by atoms with van der Waals surface area (Å²) < 4.78 is 17.4. The van der Waals surface area contributed by atoms with Crippen LogP contribution in [0.5, 0.6) is 0 Å². The molecule has 7 heteroatoms. The smallest absolute Gasteiger partial charge is 0.202 e. The molecule has 84 valence electrons. The zero-order chi connectivity index (χ0) is 11.5. The summed E-state index contributed by atoms with van der Waals surface area (Å²) in [4.78, 5) is 3.97. The lowest BCUT2D eigenvalue weighted by Crippen LogP contribution is -1.89. The number of aromatic nitrogens is 2. The minimum atomic E-state index is -0.316. The van der Waals surface area contributed by atoms with Gasteiger partial charge in [0.1, 0.15) is 5.82 Å². The number of rotatable bonds is 3. The van der Waals surface area contributed by atoms with Crippen molar-refractivity contribution in [2.45, 2.75) is 10.9 Å². The van der Waals surface area contributed by atoms with Crippen molar-refractivity contribution >= 4 is 40.0 Å². The van der Waals surface area contributed by atoms with Gasteiger partial charge in [-0.15, -0.1) is 0 Å². The van der Waals surface area contributed by atoms with Gasteiger partial charge in [-0.2, -0.15) is 9.36 Å². The molecule has 1 aromatic heterocycles. The van der Waals surface area contributed by atoms with E-state index in [1.807, 2.05) is 0 Å². The summed E-state index contributed by atoms with van der Waals surface area (Å²) in [6, 6.07) is 4.61. The van der Waals surface area contributed by atoms with Crippen LogP contribution in [0.3, 0.4) is 0 Å². The largest absolute Gasteiger partial charge is 0.374 e. The molecule has 16 heavy (non-hydrogen) atoms. The molecular weight excluding hydrogens is 269 g/mol. The minimum Gasteiger partial charge on any atom is -0.374 e. The van der Waals surface area contributed by atoms with Crippen LogP contribution in [0.15, 0.2) is 23.4 Å². The Hall–Kier alpha value is -0.850. The molecule has 0 saturated heterocycles. The fourth-order valence-corrected chi connectivity index (χ4v) is 2.85. The van der Waals surface area contributed by atoms with Gasteiger partial charge in [0, 0.05) is 27.9 Å². The highest BCUT2D eigenvalue weighted by Crippen LogP contribution is 2.27. The van der Waals surface area contributed by atoms with Gasteiger partial charge in [0.05, 0.1) is 0 Å². The van der Waals surface area contributed by atoms with Crippen molar-refractivity contribution < 1.29 is 4.39 Å². The van der Waals surface area contributed by atoms with Crippen molar-refractivity contribution in [1.29, 1.82) is 0 Å². The molecule has 0 aliphatic heterocycles. The Morgan fingerprint density at radius 1 is 1.50 bits per heavy atom. The fourth-order valence-electron chi connectivity index (χ4n) is 1.09. The Labute approximate surface area is 105 Å².